The van der Waals surface area contributed by atoms with E-state index in [9.17, 15) is 9.90 Å². The third-order valence-corrected chi connectivity index (χ3v) is 6.11. The highest BCUT2D eigenvalue weighted by molar-refractivity contribution is 7.12. The van der Waals surface area contributed by atoms with Crippen LogP contribution in [0, 0.1) is 5.92 Å². The number of carbonyl (C=O) groups excluding carboxylic acids is 1. The van der Waals surface area contributed by atoms with E-state index >= 15 is 0 Å². The number of nitrogens with zero attached hydrogens (tertiary/aromatic N) is 3. The van der Waals surface area contributed by atoms with Crippen molar-refractivity contribution < 1.29 is 9.90 Å². The standard InChI is InChI=1S/C17H21N3O2S/c21-15(14-12-23-16(18-14)19-8-3-4-9-19)20-10-7-17(22)6-2-1-5-13(17)11-20/h3-4,8-9,12-13,22H,1-2,5-7,10-11H2/t13-,17+/m0/s1. The summed E-state index contributed by atoms with van der Waals surface area (Å²) in [5.74, 6) is 0.212. The Hall–Kier alpha value is -1.66. The van der Waals surface area contributed by atoms with Crippen molar-refractivity contribution in [3.8, 4) is 5.13 Å². The Morgan fingerprint density at radius 1 is 1.30 bits per heavy atom. The highest BCUT2D eigenvalue weighted by Crippen LogP contribution is 2.40. The summed E-state index contributed by atoms with van der Waals surface area (Å²) in [6.45, 7) is 1.29. The maximum absolute atomic E-state index is 12.7. The van der Waals surface area contributed by atoms with Crippen molar-refractivity contribution in [2.24, 2.45) is 5.92 Å². The van der Waals surface area contributed by atoms with Gasteiger partial charge in [-0.25, -0.2) is 4.98 Å². The molecule has 1 amide bonds. The molecule has 2 aromatic rings. The summed E-state index contributed by atoms with van der Waals surface area (Å²) in [5, 5.41) is 13.4. The fourth-order valence-corrected chi connectivity index (χ4v) is 4.63. The molecule has 6 heteroatoms. The number of thiazole rings is 1. The fraction of sp³-hybridized carbons (Fsp3) is 0.529. The van der Waals surface area contributed by atoms with E-state index < -0.39 is 5.60 Å². The Bertz CT molecular complexity index is 697. The molecule has 2 fully saturated rings. The number of fused-ring (bicyclic) bond motifs is 1. The van der Waals surface area contributed by atoms with Gasteiger partial charge >= 0.3 is 0 Å². The Morgan fingerprint density at radius 2 is 2.13 bits per heavy atom. The van der Waals surface area contributed by atoms with E-state index in [1.54, 1.807) is 0 Å². The molecule has 0 radical (unpaired) electrons. The van der Waals surface area contributed by atoms with Gasteiger partial charge in [0.05, 0.1) is 5.60 Å². The van der Waals surface area contributed by atoms with Gasteiger partial charge in [0.15, 0.2) is 5.13 Å². The van der Waals surface area contributed by atoms with Crippen molar-refractivity contribution in [2.75, 3.05) is 13.1 Å². The molecular weight excluding hydrogens is 310 g/mol. The van der Waals surface area contributed by atoms with E-state index in [1.807, 2.05) is 39.4 Å². The van der Waals surface area contributed by atoms with Gasteiger partial charge in [0.25, 0.3) is 5.91 Å². The van der Waals surface area contributed by atoms with Crippen LogP contribution in [0.1, 0.15) is 42.6 Å². The van der Waals surface area contributed by atoms with Crippen LogP contribution in [0.3, 0.4) is 0 Å². The second kappa shape index (κ2) is 5.76. The van der Waals surface area contributed by atoms with Gasteiger partial charge in [0.1, 0.15) is 5.69 Å². The molecule has 0 spiro atoms. The average molecular weight is 331 g/mol. The van der Waals surface area contributed by atoms with Crippen molar-refractivity contribution in [3.05, 3.63) is 35.6 Å². The Morgan fingerprint density at radius 3 is 2.96 bits per heavy atom. The van der Waals surface area contributed by atoms with Gasteiger partial charge in [-0.1, -0.05) is 12.8 Å². The number of aromatic nitrogens is 2. The second-order valence-corrected chi connectivity index (χ2v) is 7.49. The van der Waals surface area contributed by atoms with Gasteiger partial charge in [-0.15, -0.1) is 11.3 Å². The van der Waals surface area contributed by atoms with E-state index in [2.05, 4.69) is 4.98 Å². The molecular formula is C17H21N3O2S. The first-order chi connectivity index (χ1) is 11.2. The molecule has 0 unspecified atom stereocenters. The minimum absolute atomic E-state index is 0.00715. The van der Waals surface area contributed by atoms with Gasteiger partial charge in [0.2, 0.25) is 0 Å². The van der Waals surface area contributed by atoms with Crippen LogP contribution in [0.25, 0.3) is 5.13 Å². The van der Waals surface area contributed by atoms with Crippen LogP contribution in [0.2, 0.25) is 0 Å². The minimum Gasteiger partial charge on any atom is -0.389 e. The highest BCUT2D eigenvalue weighted by atomic mass is 32.1. The molecule has 3 heterocycles. The smallest absolute Gasteiger partial charge is 0.273 e. The Balaban J connectivity index is 1.49. The zero-order chi connectivity index (χ0) is 15.9. The maximum Gasteiger partial charge on any atom is 0.273 e. The van der Waals surface area contributed by atoms with Gasteiger partial charge in [-0.2, -0.15) is 0 Å². The van der Waals surface area contributed by atoms with Crippen molar-refractivity contribution in [1.82, 2.24) is 14.5 Å². The monoisotopic (exact) mass is 331 g/mol. The van der Waals surface area contributed by atoms with Crippen LogP contribution in [0.4, 0.5) is 0 Å². The predicted molar refractivity (Wildman–Crippen MR) is 88.9 cm³/mol. The van der Waals surface area contributed by atoms with Gasteiger partial charge in [-0.05, 0) is 31.4 Å². The molecule has 4 rings (SSSR count). The summed E-state index contributed by atoms with van der Waals surface area (Å²) in [5.41, 5.74) is -0.0344. The third-order valence-electron chi connectivity index (χ3n) is 5.25. The summed E-state index contributed by atoms with van der Waals surface area (Å²) < 4.78 is 1.91. The lowest BCUT2D eigenvalue weighted by molar-refractivity contribution is -0.0886. The lowest BCUT2D eigenvalue weighted by Gasteiger charge is -2.47. The van der Waals surface area contributed by atoms with Crippen LogP contribution in [0.5, 0.6) is 0 Å². The van der Waals surface area contributed by atoms with Crippen molar-refractivity contribution >= 4 is 17.2 Å². The number of hydrogen-bond acceptors (Lipinski definition) is 4. The molecule has 1 aliphatic carbocycles. The molecule has 0 aromatic carbocycles. The maximum atomic E-state index is 12.7. The van der Waals surface area contributed by atoms with E-state index in [1.165, 1.54) is 11.3 Å². The summed E-state index contributed by atoms with van der Waals surface area (Å²) in [6.07, 6.45) is 8.71. The zero-order valence-corrected chi connectivity index (χ0v) is 13.8. The van der Waals surface area contributed by atoms with Crippen molar-refractivity contribution in [2.45, 2.75) is 37.7 Å². The summed E-state index contributed by atoms with van der Waals surface area (Å²) in [7, 11) is 0. The van der Waals surface area contributed by atoms with Gasteiger partial charge in [-0.3, -0.25) is 4.79 Å². The van der Waals surface area contributed by atoms with E-state index in [0.717, 1.165) is 30.8 Å². The first-order valence-corrected chi connectivity index (χ1v) is 9.14. The molecule has 5 nitrogen and oxygen atoms in total. The van der Waals surface area contributed by atoms with E-state index in [-0.39, 0.29) is 11.8 Å². The lowest BCUT2D eigenvalue weighted by Crippen LogP contribution is -2.54. The normalized spacial score (nSPS) is 27.7. The number of hydrogen-bond donors (Lipinski definition) is 1. The summed E-state index contributed by atoms with van der Waals surface area (Å²) >= 11 is 1.48. The molecule has 122 valence electrons. The van der Waals surface area contributed by atoms with Crippen LogP contribution in [0.15, 0.2) is 29.9 Å². The van der Waals surface area contributed by atoms with E-state index in [4.69, 9.17) is 0 Å². The number of rotatable bonds is 2. The van der Waals surface area contributed by atoms with Gasteiger partial charge < -0.3 is 14.6 Å². The largest absolute Gasteiger partial charge is 0.389 e. The van der Waals surface area contributed by atoms with Crippen LogP contribution >= 0.6 is 11.3 Å². The van der Waals surface area contributed by atoms with E-state index in [0.29, 0.717) is 25.2 Å². The third kappa shape index (κ3) is 2.70. The topological polar surface area (TPSA) is 58.4 Å². The number of carbonyl (C=O) groups is 1. The molecule has 2 aliphatic rings. The average Bonchev–Trinajstić information content (AvgIpc) is 3.24. The van der Waals surface area contributed by atoms with Crippen LogP contribution < -0.4 is 0 Å². The molecule has 1 N–H and O–H groups in total. The molecule has 0 bridgehead atoms. The SMILES string of the molecule is O=C(c1csc(-n2cccc2)n1)N1CC[C@]2(O)CCCC[C@H]2C1. The highest BCUT2D eigenvalue weighted by Gasteiger charge is 2.44. The number of amides is 1. The Labute approximate surface area is 139 Å². The lowest BCUT2D eigenvalue weighted by atomic mass is 9.71. The summed E-state index contributed by atoms with van der Waals surface area (Å²) in [6, 6.07) is 3.88. The van der Waals surface area contributed by atoms with Crippen molar-refractivity contribution in [1.29, 1.82) is 0 Å². The van der Waals surface area contributed by atoms with Gasteiger partial charge in [0, 0.05) is 36.8 Å². The predicted octanol–water partition coefficient (Wildman–Crippen LogP) is 2.70. The summed E-state index contributed by atoms with van der Waals surface area (Å²) in [4.78, 5) is 19.1. The van der Waals surface area contributed by atoms with Crippen molar-refractivity contribution in [3.63, 3.8) is 0 Å². The number of likely N-dealkylation sites (tertiary alicyclic amines) is 1. The van der Waals surface area contributed by atoms with Crippen LogP contribution in [-0.2, 0) is 0 Å². The quantitative estimate of drug-likeness (QED) is 0.920. The molecule has 2 aromatic heterocycles. The number of piperidine rings is 1. The zero-order valence-electron chi connectivity index (χ0n) is 13.0. The van der Waals surface area contributed by atoms with Crippen LogP contribution in [-0.4, -0.2) is 44.2 Å². The first-order valence-electron chi connectivity index (χ1n) is 8.26. The first kappa shape index (κ1) is 14.9. The number of aliphatic hydroxyl groups is 1. The fourth-order valence-electron chi connectivity index (χ4n) is 3.86. The molecule has 2 atom stereocenters. The minimum atomic E-state index is -0.548. The molecule has 1 saturated carbocycles. The molecule has 1 aliphatic heterocycles. The Kier molecular flexibility index (Phi) is 3.73. The molecule has 23 heavy (non-hydrogen) atoms. The second-order valence-electron chi connectivity index (χ2n) is 6.65. The molecule has 1 saturated heterocycles.